The summed E-state index contributed by atoms with van der Waals surface area (Å²) in [6.45, 7) is 6.12. The van der Waals surface area contributed by atoms with Crippen LogP contribution in [0.5, 0.6) is 11.5 Å². The fraction of sp³-hybridized carbons (Fsp3) is 0.435. The van der Waals surface area contributed by atoms with Gasteiger partial charge >= 0.3 is 0 Å². The van der Waals surface area contributed by atoms with E-state index in [0.29, 0.717) is 35.0 Å². The number of hydrogen-bond acceptors (Lipinski definition) is 7. The molecule has 31 heavy (non-hydrogen) atoms. The summed E-state index contributed by atoms with van der Waals surface area (Å²) in [5, 5.41) is 21.9. The molecular weight excluding hydrogens is 394 g/mol. The van der Waals surface area contributed by atoms with Gasteiger partial charge in [0.25, 0.3) is 0 Å². The number of ether oxygens (including phenoxy) is 2. The van der Waals surface area contributed by atoms with Crippen LogP contribution < -0.4 is 14.8 Å². The Bertz CT molecular complexity index is 1190. The molecule has 0 spiro atoms. The molecule has 2 unspecified atom stereocenters. The van der Waals surface area contributed by atoms with E-state index in [-0.39, 0.29) is 17.3 Å². The summed E-state index contributed by atoms with van der Waals surface area (Å²) < 4.78 is 10.7. The molecular formula is C23H23N5O3. The average Bonchev–Trinajstić information content (AvgIpc) is 3.07. The normalized spacial score (nSPS) is 24.6. The van der Waals surface area contributed by atoms with E-state index in [1.54, 1.807) is 25.3 Å². The van der Waals surface area contributed by atoms with Gasteiger partial charge in [-0.2, -0.15) is 10.5 Å². The number of hydrogen-bond donors (Lipinski definition) is 1. The van der Waals surface area contributed by atoms with E-state index in [9.17, 15) is 15.3 Å². The zero-order valence-electron chi connectivity index (χ0n) is 18.2. The van der Waals surface area contributed by atoms with Gasteiger partial charge in [0.1, 0.15) is 23.6 Å². The van der Waals surface area contributed by atoms with Crippen LogP contribution >= 0.6 is 0 Å². The number of amides is 1. The Morgan fingerprint density at radius 2 is 1.68 bits per heavy atom. The first-order valence-electron chi connectivity index (χ1n) is 9.97. The van der Waals surface area contributed by atoms with Crippen LogP contribution in [0, 0.1) is 28.1 Å². The molecule has 1 amide bonds. The molecule has 2 atom stereocenters. The first kappa shape index (κ1) is 20.6. The van der Waals surface area contributed by atoms with E-state index >= 15 is 0 Å². The number of methoxy groups -OCH3 is 2. The van der Waals surface area contributed by atoms with E-state index < -0.39 is 16.2 Å². The van der Waals surface area contributed by atoms with E-state index in [1.165, 1.54) is 7.11 Å². The van der Waals surface area contributed by atoms with Crippen molar-refractivity contribution in [3.63, 3.8) is 0 Å². The van der Waals surface area contributed by atoms with E-state index in [1.807, 2.05) is 26.0 Å². The van der Waals surface area contributed by atoms with Crippen LogP contribution in [-0.4, -0.2) is 30.1 Å². The minimum atomic E-state index is -1.00. The van der Waals surface area contributed by atoms with Crippen molar-refractivity contribution >= 4 is 11.6 Å². The summed E-state index contributed by atoms with van der Waals surface area (Å²) in [6.07, 6.45) is 1.29. The van der Waals surface area contributed by atoms with Crippen molar-refractivity contribution in [2.24, 2.45) is 5.41 Å². The van der Waals surface area contributed by atoms with Gasteiger partial charge in [-0.3, -0.25) is 4.79 Å². The standard InChI is InChI=1S/C23H23N5O3/c1-21(2)22(3)8-9-23(21,19-18(22)26-15(11-24)16(12-25)27-19)20(29)28-14-10-13(30-4)6-7-17(14)31-5/h6-7,10H,8-9H2,1-5H3,(H,28,29). The van der Waals surface area contributed by atoms with Crippen molar-refractivity contribution in [1.82, 2.24) is 9.97 Å². The van der Waals surface area contributed by atoms with Crippen molar-refractivity contribution in [1.29, 1.82) is 10.5 Å². The van der Waals surface area contributed by atoms with Gasteiger partial charge < -0.3 is 14.8 Å². The zero-order valence-corrected chi connectivity index (χ0v) is 18.2. The number of aromatic nitrogens is 2. The Kier molecular flexibility index (Phi) is 4.44. The molecule has 0 radical (unpaired) electrons. The molecule has 2 aliphatic rings. The zero-order chi connectivity index (χ0) is 22.6. The number of nitrogens with zero attached hydrogens (tertiary/aromatic N) is 4. The fourth-order valence-electron chi connectivity index (χ4n) is 5.28. The summed E-state index contributed by atoms with van der Waals surface area (Å²) in [5.41, 5.74) is -0.452. The number of anilines is 1. The molecule has 1 saturated carbocycles. The highest BCUT2D eigenvalue weighted by molar-refractivity contribution is 6.02. The fourth-order valence-corrected chi connectivity index (χ4v) is 5.28. The molecule has 0 aliphatic heterocycles. The van der Waals surface area contributed by atoms with Crippen LogP contribution in [-0.2, 0) is 15.6 Å². The number of nitrogens with one attached hydrogen (secondary N) is 1. The average molecular weight is 417 g/mol. The molecule has 2 aromatic rings. The lowest BCUT2D eigenvalue weighted by Crippen LogP contribution is -2.48. The Morgan fingerprint density at radius 3 is 2.26 bits per heavy atom. The molecule has 1 aromatic carbocycles. The van der Waals surface area contributed by atoms with Gasteiger partial charge in [0.05, 0.1) is 36.7 Å². The molecule has 0 saturated heterocycles. The molecule has 4 rings (SSSR count). The van der Waals surface area contributed by atoms with Crippen molar-refractivity contribution < 1.29 is 14.3 Å². The maximum absolute atomic E-state index is 13.9. The molecule has 1 N–H and O–H groups in total. The second-order valence-corrected chi connectivity index (χ2v) is 8.72. The Hall–Kier alpha value is -3.65. The molecule has 1 heterocycles. The number of fused-ring (bicyclic) bond motifs is 5. The minimum Gasteiger partial charge on any atom is -0.497 e. The van der Waals surface area contributed by atoms with Crippen molar-refractivity contribution in [2.75, 3.05) is 19.5 Å². The van der Waals surface area contributed by atoms with E-state index in [2.05, 4.69) is 22.2 Å². The lowest BCUT2D eigenvalue weighted by Gasteiger charge is -2.39. The summed E-state index contributed by atoms with van der Waals surface area (Å²) in [7, 11) is 3.09. The number of carbonyl (C=O) groups is 1. The maximum atomic E-state index is 13.9. The summed E-state index contributed by atoms with van der Waals surface area (Å²) in [6, 6.07) is 9.10. The Morgan fingerprint density at radius 1 is 1.03 bits per heavy atom. The van der Waals surface area contributed by atoms with Crippen LogP contribution in [0.1, 0.15) is 56.4 Å². The van der Waals surface area contributed by atoms with Crippen LogP contribution in [0.4, 0.5) is 5.69 Å². The number of rotatable bonds is 4. The topological polar surface area (TPSA) is 121 Å². The smallest absolute Gasteiger partial charge is 0.237 e. The minimum absolute atomic E-state index is 0.00384. The maximum Gasteiger partial charge on any atom is 0.237 e. The van der Waals surface area contributed by atoms with Crippen LogP contribution in [0.25, 0.3) is 0 Å². The Labute approximate surface area is 180 Å². The third-order valence-electron chi connectivity index (χ3n) is 7.52. The molecule has 8 nitrogen and oxygen atoms in total. The van der Waals surface area contributed by atoms with Gasteiger partial charge in [-0.05, 0) is 30.4 Å². The summed E-state index contributed by atoms with van der Waals surface area (Å²) in [4.78, 5) is 22.9. The summed E-state index contributed by atoms with van der Waals surface area (Å²) in [5.74, 6) is 0.849. The SMILES string of the molecule is COc1ccc(OC)c(NC(=O)C23CCC(C)(c4nc(C#N)c(C#N)nc42)C3(C)C)c1. The quantitative estimate of drug-likeness (QED) is 0.811. The highest BCUT2D eigenvalue weighted by atomic mass is 16.5. The van der Waals surface area contributed by atoms with Gasteiger partial charge in [-0.25, -0.2) is 9.97 Å². The molecule has 1 aromatic heterocycles. The third-order valence-corrected chi connectivity index (χ3v) is 7.52. The first-order valence-corrected chi connectivity index (χ1v) is 9.97. The van der Waals surface area contributed by atoms with Gasteiger partial charge in [0.15, 0.2) is 11.4 Å². The van der Waals surface area contributed by atoms with Gasteiger partial charge in [-0.1, -0.05) is 20.8 Å². The second kappa shape index (κ2) is 6.68. The monoisotopic (exact) mass is 417 g/mol. The number of carbonyl (C=O) groups excluding carboxylic acids is 1. The van der Waals surface area contributed by atoms with Gasteiger partial charge in [0, 0.05) is 11.5 Å². The van der Waals surface area contributed by atoms with Crippen molar-refractivity contribution in [2.45, 2.75) is 44.4 Å². The van der Waals surface area contributed by atoms with Gasteiger partial charge in [-0.15, -0.1) is 0 Å². The van der Waals surface area contributed by atoms with Crippen LogP contribution in [0.3, 0.4) is 0 Å². The highest BCUT2D eigenvalue weighted by Crippen LogP contribution is 2.70. The van der Waals surface area contributed by atoms with Crippen molar-refractivity contribution in [3.8, 4) is 23.6 Å². The molecule has 8 heteroatoms. The molecule has 2 bridgehead atoms. The lowest BCUT2D eigenvalue weighted by atomic mass is 9.63. The third kappa shape index (κ3) is 2.42. The number of nitriles is 2. The van der Waals surface area contributed by atoms with Crippen LogP contribution in [0.15, 0.2) is 18.2 Å². The molecule has 1 fully saturated rings. The lowest BCUT2D eigenvalue weighted by molar-refractivity contribution is -0.125. The molecule has 158 valence electrons. The largest absolute Gasteiger partial charge is 0.497 e. The molecule has 2 aliphatic carbocycles. The highest BCUT2D eigenvalue weighted by Gasteiger charge is 2.73. The first-order chi connectivity index (χ1) is 14.7. The van der Waals surface area contributed by atoms with E-state index in [4.69, 9.17) is 9.47 Å². The van der Waals surface area contributed by atoms with E-state index in [0.717, 1.165) is 6.42 Å². The van der Waals surface area contributed by atoms with Crippen molar-refractivity contribution in [3.05, 3.63) is 41.0 Å². The summed E-state index contributed by atoms with van der Waals surface area (Å²) >= 11 is 0. The number of benzene rings is 1. The predicted molar refractivity (Wildman–Crippen MR) is 112 cm³/mol. The second-order valence-electron chi connectivity index (χ2n) is 8.72. The Balaban J connectivity index is 1.89. The van der Waals surface area contributed by atoms with Gasteiger partial charge in [0.2, 0.25) is 5.91 Å². The predicted octanol–water partition coefficient (Wildman–Crippen LogP) is 3.20. The van der Waals surface area contributed by atoms with Crippen LogP contribution in [0.2, 0.25) is 0 Å².